The number of nitrogens with one attached hydrogen (secondary N) is 1. The Bertz CT molecular complexity index is 952. The predicted octanol–water partition coefficient (Wildman–Crippen LogP) is 4.26. The number of nitrogens with zero attached hydrogens (tertiary/aromatic N) is 1. The third-order valence-corrected chi connectivity index (χ3v) is 5.29. The highest BCUT2D eigenvalue weighted by atomic mass is 32.2. The van der Waals surface area contributed by atoms with Crippen LogP contribution in [0.5, 0.6) is 5.75 Å². The summed E-state index contributed by atoms with van der Waals surface area (Å²) < 4.78 is 58.7. The minimum absolute atomic E-state index is 0.155. The molecule has 1 atom stereocenters. The lowest BCUT2D eigenvalue weighted by Crippen LogP contribution is -2.42. The molecule has 1 N–H and O–H groups in total. The van der Waals surface area contributed by atoms with Gasteiger partial charge in [0.2, 0.25) is 0 Å². The monoisotopic (exact) mass is 428 g/mol. The Hall–Kier alpha value is -2.75. The number of ether oxygens (including phenoxy) is 1. The molecule has 0 aromatic heterocycles. The molecule has 29 heavy (non-hydrogen) atoms. The van der Waals surface area contributed by atoms with Gasteiger partial charge in [-0.2, -0.15) is 8.78 Å². The molecule has 0 spiro atoms. The van der Waals surface area contributed by atoms with Gasteiger partial charge in [0.15, 0.2) is 0 Å². The molecular formula is C19H16F4N2O3S. The van der Waals surface area contributed by atoms with Crippen LogP contribution in [0.25, 0.3) is 0 Å². The molecule has 1 saturated heterocycles. The number of thioether (sulfide) groups is 1. The third-order valence-electron chi connectivity index (χ3n) is 4.52. The lowest BCUT2D eigenvalue weighted by Gasteiger charge is -2.23. The molecule has 2 aromatic carbocycles. The van der Waals surface area contributed by atoms with E-state index in [-0.39, 0.29) is 17.2 Å². The van der Waals surface area contributed by atoms with Crippen molar-refractivity contribution in [3.05, 3.63) is 59.2 Å². The van der Waals surface area contributed by atoms with Crippen molar-refractivity contribution in [2.24, 2.45) is 0 Å². The third kappa shape index (κ3) is 3.89. The topological polar surface area (TPSA) is 58.6 Å². The molecule has 3 amide bonds. The van der Waals surface area contributed by atoms with Crippen molar-refractivity contribution in [3.63, 3.8) is 0 Å². The van der Waals surface area contributed by atoms with Gasteiger partial charge >= 0.3 is 6.03 Å². The molecule has 1 unspecified atom stereocenters. The summed E-state index contributed by atoms with van der Waals surface area (Å²) in [6.07, 6.45) is 0. The Morgan fingerprint density at radius 2 is 1.83 bits per heavy atom. The van der Waals surface area contributed by atoms with Crippen molar-refractivity contribution in [1.29, 1.82) is 0 Å². The highest BCUT2D eigenvalue weighted by Gasteiger charge is 2.51. The van der Waals surface area contributed by atoms with E-state index in [4.69, 9.17) is 4.74 Å². The average Bonchev–Trinajstić information content (AvgIpc) is 2.86. The van der Waals surface area contributed by atoms with Gasteiger partial charge < -0.3 is 10.1 Å². The Balaban J connectivity index is 1.90. The maximum atomic E-state index is 14.2. The van der Waals surface area contributed by atoms with Gasteiger partial charge in [-0.3, -0.25) is 9.69 Å². The quantitative estimate of drug-likeness (QED) is 0.425. The molecule has 0 bridgehead atoms. The average molecular weight is 428 g/mol. The smallest absolute Gasteiger partial charge is 0.325 e. The van der Waals surface area contributed by atoms with Gasteiger partial charge in [-0.05, 0) is 36.8 Å². The summed E-state index contributed by atoms with van der Waals surface area (Å²) in [5.41, 5.74) is -2.05. The predicted molar refractivity (Wildman–Crippen MR) is 97.6 cm³/mol. The first-order valence-electron chi connectivity index (χ1n) is 8.37. The number of hydrogen-bond donors (Lipinski definition) is 1. The van der Waals surface area contributed by atoms with Crippen molar-refractivity contribution in [3.8, 4) is 5.75 Å². The first-order valence-corrected chi connectivity index (χ1v) is 9.25. The Morgan fingerprint density at radius 1 is 1.17 bits per heavy atom. The second-order valence-electron chi connectivity index (χ2n) is 6.41. The molecule has 0 saturated carbocycles. The van der Waals surface area contributed by atoms with Crippen LogP contribution < -0.4 is 10.1 Å². The van der Waals surface area contributed by atoms with Gasteiger partial charge in [0.25, 0.3) is 11.7 Å². The van der Waals surface area contributed by atoms with Gasteiger partial charge in [-0.15, -0.1) is 0 Å². The number of benzene rings is 2. The van der Waals surface area contributed by atoms with Crippen LogP contribution in [0.15, 0.2) is 41.3 Å². The Labute approximate surface area is 168 Å². The number of carbonyl (C=O) groups is 2. The van der Waals surface area contributed by atoms with Crippen LogP contribution in [0.1, 0.15) is 18.1 Å². The van der Waals surface area contributed by atoms with E-state index in [1.165, 1.54) is 32.2 Å². The molecule has 10 heteroatoms. The lowest BCUT2D eigenvalue weighted by atomic mass is 9.91. The van der Waals surface area contributed by atoms with E-state index in [1.54, 1.807) is 0 Å². The first-order chi connectivity index (χ1) is 13.7. The van der Waals surface area contributed by atoms with Crippen LogP contribution in [0.2, 0.25) is 0 Å². The number of amides is 3. The summed E-state index contributed by atoms with van der Waals surface area (Å²) in [6, 6.07) is 6.59. The zero-order chi connectivity index (χ0) is 21.3. The van der Waals surface area contributed by atoms with E-state index in [0.717, 1.165) is 23.1 Å². The standard InChI is InChI=1S/C19H16F4N2O3S/c1-19(15-11(20)4-3-5-12(15)21)16(26)25(18(27)24-19)9-10-6-7-14(29-17(22)23)13(8-10)28-2/h3-8,17H,9H2,1-2H3,(H,24,27). The number of hydrogen-bond acceptors (Lipinski definition) is 4. The van der Waals surface area contributed by atoms with Gasteiger partial charge in [-0.25, -0.2) is 13.6 Å². The highest BCUT2D eigenvalue weighted by molar-refractivity contribution is 7.99. The van der Waals surface area contributed by atoms with Crippen LogP contribution in [-0.4, -0.2) is 29.7 Å². The molecule has 1 fully saturated rings. The van der Waals surface area contributed by atoms with E-state index >= 15 is 0 Å². The summed E-state index contributed by atoms with van der Waals surface area (Å²) in [4.78, 5) is 26.3. The van der Waals surface area contributed by atoms with Crippen LogP contribution in [0, 0.1) is 11.6 Å². The molecule has 1 heterocycles. The van der Waals surface area contributed by atoms with Crippen LogP contribution >= 0.6 is 11.8 Å². The van der Waals surface area contributed by atoms with E-state index in [0.29, 0.717) is 17.3 Å². The van der Waals surface area contributed by atoms with E-state index < -0.39 is 40.4 Å². The fraction of sp³-hybridized carbons (Fsp3) is 0.263. The molecule has 0 aliphatic carbocycles. The van der Waals surface area contributed by atoms with E-state index in [1.807, 2.05) is 0 Å². The van der Waals surface area contributed by atoms with Gasteiger partial charge in [0.05, 0.1) is 24.1 Å². The van der Waals surface area contributed by atoms with Gasteiger partial charge in [0.1, 0.15) is 22.9 Å². The summed E-state index contributed by atoms with van der Waals surface area (Å²) in [6.45, 7) is 0.990. The summed E-state index contributed by atoms with van der Waals surface area (Å²) in [5, 5.41) is 2.34. The number of carbonyl (C=O) groups excluding carboxylic acids is 2. The summed E-state index contributed by atoms with van der Waals surface area (Å²) in [7, 11) is 1.31. The van der Waals surface area contributed by atoms with Crippen molar-refractivity contribution in [2.75, 3.05) is 7.11 Å². The van der Waals surface area contributed by atoms with E-state index in [2.05, 4.69) is 5.32 Å². The minimum Gasteiger partial charge on any atom is -0.496 e. The fourth-order valence-electron chi connectivity index (χ4n) is 3.17. The zero-order valence-electron chi connectivity index (χ0n) is 15.3. The molecule has 2 aromatic rings. The second-order valence-corrected chi connectivity index (χ2v) is 7.44. The maximum absolute atomic E-state index is 14.2. The number of alkyl halides is 2. The molecule has 1 aliphatic rings. The molecular weight excluding hydrogens is 412 g/mol. The van der Waals surface area contributed by atoms with Crippen molar-refractivity contribution >= 4 is 23.7 Å². The SMILES string of the molecule is COc1cc(CN2C(=O)NC(C)(c3c(F)cccc3F)C2=O)ccc1SC(F)F. The van der Waals surface area contributed by atoms with Gasteiger partial charge in [-0.1, -0.05) is 23.9 Å². The van der Waals surface area contributed by atoms with Crippen molar-refractivity contribution in [2.45, 2.75) is 29.7 Å². The summed E-state index contributed by atoms with van der Waals surface area (Å²) in [5.74, 6) is -5.24. The number of methoxy groups -OCH3 is 1. The highest BCUT2D eigenvalue weighted by Crippen LogP contribution is 2.36. The molecule has 5 nitrogen and oxygen atoms in total. The van der Waals surface area contributed by atoms with Crippen molar-refractivity contribution in [1.82, 2.24) is 10.2 Å². The summed E-state index contributed by atoms with van der Waals surface area (Å²) >= 11 is 0.301. The first kappa shape index (κ1) is 21.0. The normalized spacial score (nSPS) is 19.1. The van der Waals surface area contributed by atoms with Crippen molar-refractivity contribution < 1.29 is 31.9 Å². The molecule has 3 rings (SSSR count). The van der Waals surface area contributed by atoms with E-state index in [9.17, 15) is 27.2 Å². The van der Waals surface area contributed by atoms with Crippen LogP contribution in [0.3, 0.4) is 0 Å². The molecule has 1 aliphatic heterocycles. The van der Waals surface area contributed by atoms with Gasteiger partial charge in [0, 0.05) is 0 Å². The number of imide groups is 1. The minimum atomic E-state index is -2.64. The number of rotatable bonds is 6. The molecule has 0 radical (unpaired) electrons. The lowest BCUT2D eigenvalue weighted by molar-refractivity contribution is -0.131. The van der Waals surface area contributed by atoms with Crippen LogP contribution in [0.4, 0.5) is 22.4 Å². The van der Waals surface area contributed by atoms with Crippen LogP contribution in [-0.2, 0) is 16.9 Å². The zero-order valence-corrected chi connectivity index (χ0v) is 16.2. The molecule has 154 valence electrons. The maximum Gasteiger partial charge on any atom is 0.325 e. The fourth-order valence-corrected chi connectivity index (χ4v) is 3.77. The second kappa shape index (κ2) is 7.94. The Morgan fingerprint density at radius 3 is 2.41 bits per heavy atom. The largest absolute Gasteiger partial charge is 0.496 e. The Kier molecular flexibility index (Phi) is 5.74. The number of urea groups is 1. The number of halogens is 4.